The van der Waals surface area contributed by atoms with E-state index in [0.29, 0.717) is 24.5 Å². The Morgan fingerprint density at radius 3 is 3.00 bits per heavy atom. The fourth-order valence-electron chi connectivity index (χ4n) is 1.01. The Hall–Kier alpha value is -1.16. The van der Waals surface area contributed by atoms with E-state index in [1.807, 2.05) is 0 Å². The van der Waals surface area contributed by atoms with E-state index in [-0.39, 0.29) is 0 Å². The lowest BCUT2D eigenvalue weighted by molar-refractivity contribution is 0.314. The number of aromatic nitrogens is 1. The highest BCUT2D eigenvalue weighted by molar-refractivity contribution is 5.17. The molecule has 0 aliphatic heterocycles. The van der Waals surface area contributed by atoms with Crippen molar-refractivity contribution in [1.82, 2.24) is 4.98 Å². The number of hydrogen-bond acceptors (Lipinski definition) is 3. The Morgan fingerprint density at radius 2 is 2.38 bits per heavy atom. The van der Waals surface area contributed by atoms with Crippen molar-refractivity contribution in [2.45, 2.75) is 12.6 Å². The summed E-state index contributed by atoms with van der Waals surface area (Å²) < 4.78 is 18.1. The van der Waals surface area contributed by atoms with Crippen LogP contribution in [0.25, 0.3) is 0 Å². The van der Waals surface area contributed by atoms with Crippen molar-refractivity contribution in [3.05, 3.63) is 23.9 Å². The third-order valence-electron chi connectivity index (χ3n) is 1.70. The normalized spacial score (nSPS) is 12.5. The smallest absolute Gasteiger partial charge is 0.213 e. The van der Waals surface area contributed by atoms with Crippen LogP contribution in [0.2, 0.25) is 0 Å². The van der Waals surface area contributed by atoms with Gasteiger partial charge in [0, 0.05) is 6.07 Å². The summed E-state index contributed by atoms with van der Waals surface area (Å²) in [5, 5.41) is 0. The molecule has 0 aliphatic carbocycles. The molecular weight excluding hydrogens is 171 g/mol. The Bertz CT molecular complexity index is 268. The van der Waals surface area contributed by atoms with Gasteiger partial charge in [0.15, 0.2) is 0 Å². The Kier molecular flexibility index (Phi) is 3.64. The highest BCUT2D eigenvalue weighted by atomic mass is 19.1. The van der Waals surface area contributed by atoms with E-state index in [0.717, 1.165) is 0 Å². The molecule has 13 heavy (non-hydrogen) atoms. The van der Waals surface area contributed by atoms with Gasteiger partial charge < -0.3 is 10.5 Å². The van der Waals surface area contributed by atoms with Crippen LogP contribution < -0.4 is 10.5 Å². The zero-order chi connectivity index (χ0) is 9.68. The van der Waals surface area contributed by atoms with Gasteiger partial charge in [0.1, 0.15) is 6.17 Å². The number of nitrogens with zero attached hydrogens (tertiary/aromatic N) is 1. The first-order chi connectivity index (χ1) is 6.27. The van der Waals surface area contributed by atoms with Gasteiger partial charge in [0.05, 0.1) is 12.8 Å². The van der Waals surface area contributed by atoms with E-state index in [2.05, 4.69) is 4.98 Å². The molecule has 1 heterocycles. The minimum absolute atomic E-state index is 0.292. The predicted octanol–water partition coefficient (Wildman–Crippen LogP) is 1.45. The maximum Gasteiger partial charge on any atom is 0.213 e. The largest absolute Gasteiger partial charge is 0.481 e. The Balaban J connectivity index is 2.75. The molecule has 0 spiro atoms. The molecule has 0 aromatic carbocycles. The Morgan fingerprint density at radius 1 is 1.62 bits per heavy atom. The van der Waals surface area contributed by atoms with Gasteiger partial charge in [-0.15, -0.1) is 0 Å². The van der Waals surface area contributed by atoms with Crippen molar-refractivity contribution in [2.24, 2.45) is 5.73 Å². The first kappa shape index (κ1) is 9.92. The molecule has 0 amide bonds. The van der Waals surface area contributed by atoms with Crippen molar-refractivity contribution in [3.8, 4) is 5.88 Å². The molecule has 0 radical (unpaired) electrons. The fourth-order valence-corrected chi connectivity index (χ4v) is 1.01. The standard InChI is InChI=1S/C9H13FN2O/c1-13-9-4-2-3-8(12-9)7(10)5-6-11/h2-4,7H,5-6,11H2,1H3. The molecule has 0 aliphatic rings. The first-order valence-electron chi connectivity index (χ1n) is 4.13. The molecule has 1 aromatic rings. The third-order valence-corrected chi connectivity index (χ3v) is 1.70. The van der Waals surface area contributed by atoms with E-state index < -0.39 is 6.17 Å². The van der Waals surface area contributed by atoms with Crippen LogP contribution in [0.3, 0.4) is 0 Å². The molecule has 2 N–H and O–H groups in total. The van der Waals surface area contributed by atoms with Crippen LogP contribution in [-0.2, 0) is 0 Å². The molecule has 3 nitrogen and oxygen atoms in total. The molecule has 0 saturated heterocycles. The summed E-state index contributed by atoms with van der Waals surface area (Å²) in [6.07, 6.45) is -0.805. The third kappa shape index (κ3) is 2.66. The van der Waals surface area contributed by atoms with Gasteiger partial charge in [0.25, 0.3) is 0 Å². The summed E-state index contributed by atoms with van der Waals surface area (Å²) in [4.78, 5) is 3.96. The summed E-state index contributed by atoms with van der Waals surface area (Å²) >= 11 is 0. The fraction of sp³-hybridized carbons (Fsp3) is 0.444. The quantitative estimate of drug-likeness (QED) is 0.770. The van der Waals surface area contributed by atoms with Crippen LogP contribution in [0.4, 0.5) is 4.39 Å². The topological polar surface area (TPSA) is 48.1 Å². The number of halogens is 1. The van der Waals surface area contributed by atoms with Gasteiger partial charge in [-0.25, -0.2) is 9.37 Å². The lowest BCUT2D eigenvalue weighted by Crippen LogP contribution is -2.05. The van der Waals surface area contributed by atoms with Gasteiger partial charge in [-0.1, -0.05) is 6.07 Å². The van der Waals surface area contributed by atoms with Crippen molar-refractivity contribution in [2.75, 3.05) is 13.7 Å². The summed E-state index contributed by atoms with van der Waals surface area (Å²) in [6.45, 7) is 0.320. The zero-order valence-electron chi connectivity index (χ0n) is 7.53. The average Bonchev–Trinajstić information content (AvgIpc) is 2.18. The van der Waals surface area contributed by atoms with Crippen LogP contribution in [-0.4, -0.2) is 18.6 Å². The number of pyridine rings is 1. The Labute approximate surface area is 76.7 Å². The van der Waals surface area contributed by atoms with E-state index in [1.54, 1.807) is 18.2 Å². The maximum absolute atomic E-state index is 13.3. The van der Waals surface area contributed by atoms with Crippen molar-refractivity contribution in [3.63, 3.8) is 0 Å². The second-order valence-corrected chi connectivity index (χ2v) is 2.65. The molecule has 72 valence electrons. The van der Waals surface area contributed by atoms with Gasteiger partial charge >= 0.3 is 0 Å². The lowest BCUT2D eigenvalue weighted by Gasteiger charge is -2.06. The van der Waals surface area contributed by atoms with Crippen LogP contribution in [0.15, 0.2) is 18.2 Å². The van der Waals surface area contributed by atoms with Gasteiger partial charge in [0.2, 0.25) is 5.88 Å². The van der Waals surface area contributed by atoms with Gasteiger partial charge in [-0.2, -0.15) is 0 Å². The summed E-state index contributed by atoms with van der Waals surface area (Å²) in [5.74, 6) is 0.428. The van der Waals surface area contributed by atoms with E-state index >= 15 is 0 Å². The van der Waals surface area contributed by atoms with Crippen LogP contribution >= 0.6 is 0 Å². The molecular formula is C9H13FN2O. The summed E-state index contributed by atoms with van der Waals surface area (Å²) in [5.41, 5.74) is 5.62. The SMILES string of the molecule is COc1cccc(C(F)CCN)n1. The number of hydrogen-bond donors (Lipinski definition) is 1. The predicted molar refractivity (Wildman–Crippen MR) is 48.3 cm³/mol. The number of methoxy groups -OCH3 is 1. The number of rotatable bonds is 4. The average molecular weight is 184 g/mol. The van der Waals surface area contributed by atoms with Crippen molar-refractivity contribution >= 4 is 0 Å². The van der Waals surface area contributed by atoms with Crippen molar-refractivity contribution < 1.29 is 9.13 Å². The minimum atomic E-state index is -1.10. The van der Waals surface area contributed by atoms with Gasteiger partial charge in [-0.3, -0.25) is 0 Å². The molecule has 1 atom stereocenters. The molecule has 4 heteroatoms. The highest BCUT2D eigenvalue weighted by Crippen LogP contribution is 2.20. The second kappa shape index (κ2) is 4.77. The van der Waals surface area contributed by atoms with Crippen LogP contribution in [0, 0.1) is 0 Å². The molecule has 0 saturated carbocycles. The molecule has 0 fully saturated rings. The van der Waals surface area contributed by atoms with E-state index in [4.69, 9.17) is 10.5 Å². The molecule has 1 rings (SSSR count). The van der Waals surface area contributed by atoms with Crippen LogP contribution in [0.5, 0.6) is 5.88 Å². The van der Waals surface area contributed by atoms with E-state index in [9.17, 15) is 4.39 Å². The summed E-state index contributed by atoms with van der Waals surface area (Å²) in [7, 11) is 1.50. The second-order valence-electron chi connectivity index (χ2n) is 2.65. The zero-order valence-corrected chi connectivity index (χ0v) is 7.53. The highest BCUT2D eigenvalue weighted by Gasteiger charge is 2.10. The first-order valence-corrected chi connectivity index (χ1v) is 4.13. The summed E-state index contributed by atoms with van der Waals surface area (Å²) in [6, 6.07) is 5.02. The maximum atomic E-state index is 13.3. The number of nitrogens with two attached hydrogens (primary N) is 1. The minimum Gasteiger partial charge on any atom is -0.481 e. The van der Waals surface area contributed by atoms with Gasteiger partial charge in [-0.05, 0) is 19.0 Å². The number of alkyl halides is 1. The van der Waals surface area contributed by atoms with Crippen LogP contribution in [0.1, 0.15) is 18.3 Å². The number of ether oxygens (including phenoxy) is 1. The van der Waals surface area contributed by atoms with Crippen molar-refractivity contribution in [1.29, 1.82) is 0 Å². The van der Waals surface area contributed by atoms with E-state index in [1.165, 1.54) is 7.11 Å². The monoisotopic (exact) mass is 184 g/mol. The molecule has 1 unspecified atom stereocenters. The molecule has 0 bridgehead atoms. The lowest BCUT2D eigenvalue weighted by atomic mass is 10.2. The molecule has 1 aromatic heterocycles.